The quantitative estimate of drug-likeness (QED) is 0.678. The standard InChI is InChI=1S/C12H14N2O4/c15-6-8-9(16)10(17)12(18-8)14-5-3-7-2-1-4-13-11(7)14/h1-5,8-10,12,15-17H,6H2/t8-,9-,10-,12-/m1/s1. The number of pyridine rings is 1. The smallest absolute Gasteiger partial charge is 0.164 e. The molecule has 1 saturated heterocycles. The van der Waals surface area contributed by atoms with Gasteiger partial charge in [0.05, 0.1) is 6.61 Å². The van der Waals surface area contributed by atoms with E-state index in [1.165, 1.54) is 0 Å². The Hall–Kier alpha value is -1.47. The topological polar surface area (TPSA) is 87.7 Å². The fraction of sp³-hybridized carbons (Fsp3) is 0.417. The van der Waals surface area contributed by atoms with Gasteiger partial charge < -0.3 is 24.6 Å². The maximum atomic E-state index is 9.96. The lowest BCUT2D eigenvalue weighted by Crippen LogP contribution is -2.33. The van der Waals surface area contributed by atoms with Crippen LogP contribution in [-0.2, 0) is 4.74 Å². The van der Waals surface area contributed by atoms with Crippen molar-refractivity contribution >= 4 is 11.0 Å². The van der Waals surface area contributed by atoms with E-state index in [4.69, 9.17) is 9.84 Å². The number of ether oxygens (including phenoxy) is 1. The molecule has 0 unspecified atom stereocenters. The zero-order valence-corrected chi connectivity index (χ0v) is 9.55. The molecule has 0 aromatic carbocycles. The van der Waals surface area contributed by atoms with Gasteiger partial charge in [-0.1, -0.05) is 0 Å². The zero-order valence-electron chi connectivity index (χ0n) is 9.55. The highest BCUT2D eigenvalue weighted by atomic mass is 16.6. The van der Waals surface area contributed by atoms with E-state index in [-0.39, 0.29) is 6.61 Å². The molecule has 96 valence electrons. The maximum Gasteiger partial charge on any atom is 0.164 e. The van der Waals surface area contributed by atoms with Crippen LogP contribution in [0.15, 0.2) is 30.6 Å². The van der Waals surface area contributed by atoms with Crippen molar-refractivity contribution in [2.75, 3.05) is 6.61 Å². The molecule has 18 heavy (non-hydrogen) atoms. The van der Waals surface area contributed by atoms with Crippen molar-refractivity contribution in [1.82, 2.24) is 9.55 Å². The fourth-order valence-corrected chi connectivity index (χ4v) is 2.30. The lowest BCUT2D eigenvalue weighted by atomic mass is 10.1. The van der Waals surface area contributed by atoms with Crippen molar-refractivity contribution in [2.24, 2.45) is 0 Å². The van der Waals surface area contributed by atoms with Crippen LogP contribution in [0.1, 0.15) is 6.23 Å². The number of aliphatic hydroxyl groups excluding tert-OH is 3. The lowest BCUT2D eigenvalue weighted by Gasteiger charge is -2.17. The Morgan fingerprint density at radius 2 is 2.11 bits per heavy atom. The van der Waals surface area contributed by atoms with E-state index in [0.29, 0.717) is 5.65 Å². The van der Waals surface area contributed by atoms with E-state index in [1.807, 2.05) is 18.2 Å². The number of nitrogens with zero attached hydrogens (tertiary/aromatic N) is 2. The van der Waals surface area contributed by atoms with Gasteiger partial charge >= 0.3 is 0 Å². The molecule has 2 aromatic heterocycles. The van der Waals surface area contributed by atoms with E-state index >= 15 is 0 Å². The Morgan fingerprint density at radius 3 is 2.83 bits per heavy atom. The molecule has 6 heteroatoms. The molecular weight excluding hydrogens is 236 g/mol. The predicted octanol–water partition coefficient (Wildman–Crippen LogP) is -0.352. The second kappa shape index (κ2) is 4.33. The molecule has 1 aliphatic heterocycles. The summed E-state index contributed by atoms with van der Waals surface area (Å²) in [6.07, 6.45) is -0.283. The highest BCUT2D eigenvalue weighted by Gasteiger charge is 2.43. The Labute approximate surface area is 103 Å². The minimum atomic E-state index is -1.10. The number of hydrogen-bond donors (Lipinski definition) is 3. The van der Waals surface area contributed by atoms with Crippen molar-refractivity contribution in [1.29, 1.82) is 0 Å². The first kappa shape index (κ1) is 11.6. The first-order chi connectivity index (χ1) is 8.72. The highest BCUT2D eigenvalue weighted by Crippen LogP contribution is 2.31. The van der Waals surface area contributed by atoms with E-state index < -0.39 is 24.5 Å². The van der Waals surface area contributed by atoms with Crippen LogP contribution in [0.25, 0.3) is 11.0 Å². The third-order valence-electron chi connectivity index (χ3n) is 3.27. The van der Waals surface area contributed by atoms with Crippen LogP contribution >= 0.6 is 0 Å². The summed E-state index contributed by atoms with van der Waals surface area (Å²) >= 11 is 0. The first-order valence-electron chi connectivity index (χ1n) is 5.76. The molecule has 6 nitrogen and oxygen atoms in total. The van der Waals surface area contributed by atoms with E-state index in [9.17, 15) is 10.2 Å². The molecular formula is C12H14N2O4. The molecule has 3 heterocycles. The Morgan fingerprint density at radius 1 is 1.28 bits per heavy atom. The molecule has 0 bridgehead atoms. The van der Waals surface area contributed by atoms with Crippen LogP contribution in [-0.4, -0.2) is 49.8 Å². The molecule has 2 aromatic rings. The summed E-state index contributed by atoms with van der Waals surface area (Å²) in [7, 11) is 0. The lowest BCUT2D eigenvalue weighted by molar-refractivity contribution is -0.0508. The number of rotatable bonds is 2. The third kappa shape index (κ3) is 1.62. The molecule has 3 rings (SSSR count). The second-order valence-electron chi connectivity index (χ2n) is 4.37. The average Bonchev–Trinajstić information content (AvgIpc) is 2.93. The van der Waals surface area contributed by atoms with Gasteiger partial charge in [0.25, 0.3) is 0 Å². The van der Waals surface area contributed by atoms with E-state index in [2.05, 4.69) is 4.98 Å². The Balaban J connectivity index is 2.00. The summed E-state index contributed by atoms with van der Waals surface area (Å²) in [6, 6.07) is 5.58. The minimum absolute atomic E-state index is 0.332. The summed E-state index contributed by atoms with van der Waals surface area (Å²) in [6.45, 7) is -0.332. The fourth-order valence-electron chi connectivity index (χ4n) is 2.30. The van der Waals surface area contributed by atoms with Crippen LogP contribution in [0.5, 0.6) is 0 Å². The number of hydrogen-bond acceptors (Lipinski definition) is 5. The molecule has 0 radical (unpaired) electrons. The van der Waals surface area contributed by atoms with Gasteiger partial charge in [0, 0.05) is 17.8 Å². The van der Waals surface area contributed by atoms with Gasteiger partial charge in [-0.2, -0.15) is 0 Å². The maximum absolute atomic E-state index is 9.96. The van der Waals surface area contributed by atoms with Gasteiger partial charge in [-0.05, 0) is 18.2 Å². The van der Waals surface area contributed by atoms with E-state index in [1.54, 1.807) is 17.0 Å². The Kier molecular flexibility index (Phi) is 2.79. The molecule has 0 saturated carbocycles. The molecule has 0 aliphatic carbocycles. The van der Waals surface area contributed by atoms with Gasteiger partial charge in [0.15, 0.2) is 6.23 Å². The van der Waals surface area contributed by atoms with Gasteiger partial charge in [-0.25, -0.2) is 4.98 Å². The van der Waals surface area contributed by atoms with Crippen molar-refractivity contribution in [3.63, 3.8) is 0 Å². The number of fused-ring (bicyclic) bond motifs is 1. The number of aromatic nitrogens is 2. The molecule has 1 fully saturated rings. The summed E-state index contributed by atoms with van der Waals surface area (Å²) in [5.74, 6) is 0. The molecule has 1 aliphatic rings. The highest BCUT2D eigenvalue weighted by molar-refractivity contribution is 5.75. The summed E-state index contributed by atoms with van der Waals surface area (Å²) in [5.41, 5.74) is 0.673. The second-order valence-corrected chi connectivity index (χ2v) is 4.37. The van der Waals surface area contributed by atoms with Crippen molar-refractivity contribution < 1.29 is 20.1 Å². The summed E-state index contributed by atoms with van der Waals surface area (Å²) in [4.78, 5) is 4.22. The van der Waals surface area contributed by atoms with Crippen molar-refractivity contribution in [3.8, 4) is 0 Å². The molecule has 3 N–H and O–H groups in total. The largest absolute Gasteiger partial charge is 0.394 e. The predicted molar refractivity (Wildman–Crippen MR) is 62.7 cm³/mol. The minimum Gasteiger partial charge on any atom is -0.394 e. The average molecular weight is 250 g/mol. The molecule has 0 spiro atoms. The van der Waals surface area contributed by atoms with Crippen LogP contribution in [0, 0.1) is 0 Å². The van der Waals surface area contributed by atoms with Gasteiger partial charge in [-0.15, -0.1) is 0 Å². The van der Waals surface area contributed by atoms with Crippen LogP contribution < -0.4 is 0 Å². The SMILES string of the molecule is OC[C@H]1O[C@@H](n2ccc3cccnc32)[C@H](O)[C@@H]1O. The summed E-state index contributed by atoms with van der Waals surface area (Å²) in [5, 5.41) is 29.7. The zero-order chi connectivity index (χ0) is 12.7. The van der Waals surface area contributed by atoms with Crippen molar-refractivity contribution in [2.45, 2.75) is 24.5 Å². The van der Waals surface area contributed by atoms with Gasteiger partial charge in [0.1, 0.15) is 24.0 Å². The number of aliphatic hydroxyl groups is 3. The van der Waals surface area contributed by atoms with Crippen LogP contribution in [0.2, 0.25) is 0 Å². The van der Waals surface area contributed by atoms with Crippen LogP contribution in [0.3, 0.4) is 0 Å². The van der Waals surface area contributed by atoms with Crippen molar-refractivity contribution in [3.05, 3.63) is 30.6 Å². The summed E-state index contributed by atoms with van der Waals surface area (Å²) < 4.78 is 7.13. The van der Waals surface area contributed by atoms with E-state index in [0.717, 1.165) is 5.39 Å². The Bertz CT molecular complexity index is 556. The third-order valence-corrected chi connectivity index (χ3v) is 3.27. The van der Waals surface area contributed by atoms with Gasteiger partial charge in [-0.3, -0.25) is 0 Å². The molecule has 0 amide bonds. The first-order valence-corrected chi connectivity index (χ1v) is 5.76. The molecule has 4 atom stereocenters. The van der Waals surface area contributed by atoms with Gasteiger partial charge in [0.2, 0.25) is 0 Å². The normalized spacial score (nSPS) is 32.2. The monoisotopic (exact) mass is 250 g/mol. The van der Waals surface area contributed by atoms with Crippen LogP contribution in [0.4, 0.5) is 0 Å².